The first kappa shape index (κ1) is 9.62. The van der Waals surface area contributed by atoms with Crippen LogP contribution in [0.25, 0.3) is 0 Å². The standard InChI is InChI=1S/C5H5N.C3H6O2/c1-2-4-6-5-3-1;1-2-5-3-4/h1-5H;3H,2H2,1H3. The van der Waals surface area contributed by atoms with E-state index in [9.17, 15) is 4.79 Å². The van der Waals surface area contributed by atoms with Gasteiger partial charge in [-0.05, 0) is 19.1 Å². The summed E-state index contributed by atoms with van der Waals surface area (Å²) in [7, 11) is 0. The zero-order valence-corrected chi connectivity index (χ0v) is 6.43. The number of hydrogen-bond acceptors (Lipinski definition) is 3. The lowest BCUT2D eigenvalue weighted by Gasteiger charge is -1.79. The summed E-state index contributed by atoms with van der Waals surface area (Å²) in [5, 5.41) is 0. The highest BCUT2D eigenvalue weighted by Crippen LogP contribution is 1.73. The first-order valence-electron chi connectivity index (χ1n) is 3.32. The SMILES string of the molecule is CCOC=O.c1ccncc1. The van der Waals surface area contributed by atoms with Crippen LogP contribution in [0.5, 0.6) is 0 Å². The highest BCUT2D eigenvalue weighted by molar-refractivity contribution is 5.36. The minimum atomic E-state index is 0.431. The van der Waals surface area contributed by atoms with Gasteiger partial charge in [0.25, 0.3) is 6.47 Å². The van der Waals surface area contributed by atoms with Gasteiger partial charge in [0, 0.05) is 12.4 Å². The maximum Gasteiger partial charge on any atom is 0.293 e. The second kappa shape index (κ2) is 8.62. The van der Waals surface area contributed by atoms with Crippen LogP contribution in [0.2, 0.25) is 0 Å². The van der Waals surface area contributed by atoms with Gasteiger partial charge in [-0.15, -0.1) is 0 Å². The van der Waals surface area contributed by atoms with Gasteiger partial charge in [0.05, 0.1) is 6.61 Å². The number of carbonyl (C=O) groups excluding carboxylic acids is 1. The second-order valence-corrected chi connectivity index (χ2v) is 1.58. The summed E-state index contributed by atoms with van der Waals surface area (Å²) in [5.74, 6) is 0. The van der Waals surface area contributed by atoms with Crippen molar-refractivity contribution in [1.29, 1.82) is 0 Å². The summed E-state index contributed by atoms with van der Waals surface area (Å²) >= 11 is 0. The van der Waals surface area contributed by atoms with Crippen LogP contribution >= 0.6 is 0 Å². The lowest BCUT2D eigenvalue weighted by Crippen LogP contribution is -1.80. The summed E-state index contributed by atoms with van der Waals surface area (Å²) < 4.78 is 4.15. The van der Waals surface area contributed by atoms with Crippen LogP contribution in [-0.4, -0.2) is 18.1 Å². The quantitative estimate of drug-likeness (QED) is 0.600. The van der Waals surface area contributed by atoms with Crippen LogP contribution in [-0.2, 0) is 9.53 Å². The van der Waals surface area contributed by atoms with Crippen molar-refractivity contribution in [1.82, 2.24) is 4.98 Å². The lowest BCUT2D eigenvalue weighted by molar-refractivity contribution is -0.128. The van der Waals surface area contributed by atoms with Crippen molar-refractivity contribution in [2.24, 2.45) is 0 Å². The fourth-order valence-electron chi connectivity index (χ4n) is 0.381. The van der Waals surface area contributed by atoms with Crippen LogP contribution in [0.1, 0.15) is 6.92 Å². The van der Waals surface area contributed by atoms with Gasteiger partial charge < -0.3 is 4.74 Å². The Balaban J connectivity index is 0.000000187. The molecule has 0 fully saturated rings. The smallest absolute Gasteiger partial charge is 0.293 e. The molecule has 0 N–H and O–H groups in total. The van der Waals surface area contributed by atoms with Gasteiger partial charge in [-0.3, -0.25) is 9.78 Å². The Labute approximate surface area is 66.0 Å². The molecule has 1 heterocycles. The normalized spacial score (nSPS) is 7.36. The lowest BCUT2D eigenvalue weighted by atomic mass is 10.5. The average Bonchev–Trinajstić information content (AvgIpc) is 2.10. The van der Waals surface area contributed by atoms with E-state index in [1.54, 1.807) is 19.3 Å². The number of aromatic nitrogens is 1. The number of carbonyl (C=O) groups is 1. The molecule has 3 heteroatoms. The van der Waals surface area contributed by atoms with E-state index in [4.69, 9.17) is 0 Å². The molecule has 0 bridgehead atoms. The zero-order valence-electron chi connectivity index (χ0n) is 6.43. The summed E-state index contributed by atoms with van der Waals surface area (Å²) in [6, 6.07) is 5.72. The first-order chi connectivity index (χ1) is 5.41. The molecule has 0 aliphatic carbocycles. The molecule has 0 aliphatic rings. The molecule has 0 amide bonds. The van der Waals surface area contributed by atoms with Crippen molar-refractivity contribution in [2.45, 2.75) is 6.92 Å². The Hall–Kier alpha value is -1.38. The van der Waals surface area contributed by atoms with Crippen molar-refractivity contribution in [3.8, 4) is 0 Å². The van der Waals surface area contributed by atoms with Gasteiger partial charge in [0.2, 0.25) is 0 Å². The summed E-state index contributed by atoms with van der Waals surface area (Å²) in [6.45, 7) is 2.66. The third-order valence-electron chi connectivity index (χ3n) is 0.801. The third-order valence-corrected chi connectivity index (χ3v) is 0.801. The Kier molecular flexibility index (Phi) is 7.54. The molecule has 0 unspecified atom stereocenters. The molecule has 1 aromatic heterocycles. The number of rotatable bonds is 2. The van der Waals surface area contributed by atoms with E-state index in [-0.39, 0.29) is 0 Å². The summed E-state index contributed by atoms with van der Waals surface area (Å²) in [4.78, 5) is 13.0. The number of hydrogen-bond donors (Lipinski definition) is 0. The zero-order chi connectivity index (χ0) is 8.36. The van der Waals surface area contributed by atoms with Crippen molar-refractivity contribution in [3.05, 3.63) is 30.6 Å². The Morgan fingerprint density at radius 2 is 2.00 bits per heavy atom. The van der Waals surface area contributed by atoms with Gasteiger partial charge in [-0.1, -0.05) is 6.07 Å². The molecule has 0 radical (unpaired) electrons. The fourth-order valence-corrected chi connectivity index (χ4v) is 0.381. The predicted molar refractivity (Wildman–Crippen MR) is 41.9 cm³/mol. The molecule has 0 atom stereocenters. The molecule has 0 aromatic carbocycles. The Bertz CT molecular complexity index is 138. The minimum absolute atomic E-state index is 0.431. The fraction of sp³-hybridized carbons (Fsp3) is 0.250. The van der Waals surface area contributed by atoms with Crippen LogP contribution in [0.4, 0.5) is 0 Å². The third kappa shape index (κ3) is 8.62. The maximum atomic E-state index is 9.18. The molecule has 1 rings (SSSR count). The highest BCUT2D eigenvalue weighted by Gasteiger charge is 1.61. The molecule has 3 nitrogen and oxygen atoms in total. The van der Waals surface area contributed by atoms with Gasteiger partial charge in [0.1, 0.15) is 0 Å². The van der Waals surface area contributed by atoms with E-state index in [0.717, 1.165) is 0 Å². The van der Waals surface area contributed by atoms with Crippen LogP contribution in [0.3, 0.4) is 0 Å². The Morgan fingerprint density at radius 1 is 1.36 bits per heavy atom. The van der Waals surface area contributed by atoms with Gasteiger partial charge in [0.15, 0.2) is 0 Å². The van der Waals surface area contributed by atoms with Crippen molar-refractivity contribution in [2.75, 3.05) is 6.61 Å². The van der Waals surface area contributed by atoms with Crippen LogP contribution < -0.4 is 0 Å². The number of ether oxygens (including phenoxy) is 1. The number of pyridine rings is 1. The van der Waals surface area contributed by atoms with Crippen LogP contribution in [0, 0.1) is 0 Å². The molecular weight excluding hydrogens is 142 g/mol. The van der Waals surface area contributed by atoms with E-state index in [2.05, 4.69) is 9.72 Å². The van der Waals surface area contributed by atoms with Crippen molar-refractivity contribution < 1.29 is 9.53 Å². The second-order valence-electron chi connectivity index (χ2n) is 1.58. The largest absolute Gasteiger partial charge is 0.468 e. The Morgan fingerprint density at radius 3 is 2.09 bits per heavy atom. The number of nitrogens with zero attached hydrogens (tertiary/aromatic N) is 1. The van der Waals surface area contributed by atoms with E-state index < -0.39 is 0 Å². The van der Waals surface area contributed by atoms with E-state index in [1.807, 2.05) is 18.2 Å². The molecule has 11 heavy (non-hydrogen) atoms. The monoisotopic (exact) mass is 153 g/mol. The van der Waals surface area contributed by atoms with Gasteiger partial charge in [-0.25, -0.2) is 0 Å². The van der Waals surface area contributed by atoms with Gasteiger partial charge >= 0.3 is 0 Å². The predicted octanol–water partition coefficient (Wildman–Crippen LogP) is 1.26. The van der Waals surface area contributed by atoms with Crippen LogP contribution in [0.15, 0.2) is 30.6 Å². The van der Waals surface area contributed by atoms with E-state index in [1.165, 1.54) is 0 Å². The molecule has 0 saturated carbocycles. The molecule has 1 aromatic rings. The molecular formula is C8H11NO2. The van der Waals surface area contributed by atoms with E-state index in [0.29, 0.717) is 13.1 Å². The van der Waals surface area contributed by atoms with Gasteiger partial charge in [-0.2, -0.15) is 0 Å². The minimum Gasteiger partial charge on any atom is -0.468 e. The maximum absolute atomic E-state index is 9.18. The van der Waals surface area contributed by atoms with Crippen molar-refractivity contribution >= 4 is 6.47 Å². The van der Waals surface area contributed by atoms with Crippen molar-refractivity contribution in [3.63, 3.8) is 0 Å². The molecule has 0 saturated heterocycles. The topological polar surface area (TPSA) is 39.2 Å². The summed E-state index contributed by atoms with van der Waals surface area (Å²) in [5.41, 5.74) is 0. The average molecular weight is 153 g/mol. The summed E-state index contributed by atoms with van der Waals surface area (Å²) in [6.07, 6.45) is 3.50. The first-order valence-corrected chi connectivity index (χ1v) is 3.32. The molecule has 0 spiro atoms. The molecule has 60 valence electrons. The molecule has 0 aliphatic heterocycles. The van der Waals surface area contributed by atoms with E-state index >= 15 is 0 Å². The highest BCUT2D eigenvalue weighted by atomic mass is 16.5.